The third kappa shape index (κ3) is 4.21. The van der Waals surface area contributed by atoms with E-state index in [0.717, 1.165) is 43.7 Å². The SMILES string of the molecule is Cc1ccc(Oc2cccc3c2C2CCCN(C(=O)OC(C)(C)C)C2CC3)nn1. The van der Waals surface area contributed by atoms with E-state index in [2.05, 4.69) is 16.3 Å². The largest absolute Gasteiger partial charge is 0.444 e. The lowest BCUT2D eigenvalue weighted by Crippen LogP contribution is -2.50. The van der Waals surface area contributed by atoms with Crippen molar-refractivity contribution in [1.82, 2.24) is 15.1 Å². The molecule has 4 rings (SSSR count). The molecule has 1 aliphatic heterocycles. The highest BCUT2D eigenvalue weighted by Crippen LogP contribution is 2.45. The van der Waals surface area contributed by atoms with Gasteiger partial charge in [0.15, 0.2) is 0 Å². The molecule has 0 spiro atoms. The quantitative estimate of drug-likeness (QED) is 0.715. The summed E-state index contributed by atoms with van der Waals surface area (Å²) in [6.45, 7) is 8.39. The van der Waals surface area contributed by atoms with Crippen molar-refractivity contribution in [3.8, 4) is 11.6 Å². The molecule has 0 saturated carbocycles. The molecule has 1 aromatic heterocycles. The average Bonchev–Trinajstić information content (AvgIpc) is 2.67. The van der Waals surface area contributed by atoms with Gasteiger partial charge in [-0.05, 0) is 71.1 Å². The number of carbonyl (C=O) groups excluding carboxylic acids is 1. The summed E-state index contributed by atoms with van der Waals surface area (Å²) in [5.74, 6) is 1.56. The third-order valence-corrected chi connectivity index (χ3v) is 5.63. The van der Waals surface area contributed by atoms with Crippen LogP contribution in [0.15, 0.2) is 30.3 Å². The molecule has 29 heavy (non-hydrogen) atoms. The Balaban J connectivity index is 1.63. The molecule has 2 atom stereocenters. The van der Waals surface area contributed by atoms with Gasteiger partial charge < -0.3 is 14.4 Å². The molecular weight excluding hydrogens is 366 g/mol. The maximum absolute atomic E-state index is 12.8. The Labute approximate surface area is 172 Å². The van der Waals surface area contributed by atoms with Crippen LogP contribution in [0.2, 0.25) is 0 Å². The molecule has 2 aliphatic rings. The van der Waals surface area contributed by atoms with Crippen molar-refractivity contribution < 1.29 is 14.3 Å². The van der Waals surface area contributed by atoms with Gasteiger partial charge in [-0.1, -0.05) is 12.1 Å². The Kier molecular flexibility index (Phi) is 5.19. The van der Waals surface area contributed by atoms with E-state index in [9.17, 15) is 4.79 Å². The van der Waals surface area contributed by atoms with Crippen LogP contribution in [0.3, 0.4) is 0 Å². The van der Waals surface area contributed by atoms with Gasteiger partial charge in [0.05, 0.1) is 5.69 Å². The van der Waals surface area contributed by atoms with Gasteiger partial charge in [-0.25, -0.2) is 4.79 Å². The number of hydrogen-bond donors (Lipinski definition) is 0. The fourth-order valence-electron chi connectivity index (χ4n) is 4.47. The molecule has 2 heterocycles. The van der Waals surface area contributed by atoms with E-state index in [4.69, 9.17) is 9.47 Å². The topological polar surface area (TPSA) is 64.5 Å². The van der Waals surface area contributed by atoms with Crippen molar-refractivity contribution in [2.45, 2.75) is 70.9 Å². The van der Waals surface area contributed by atoms with Crippen LogP contribution in [0, 0.1) is 6.92 Å². The van der Waals surface area contributed by atoms with Crippen LogP contribution >= 0.6 is 0 Å². The predicted molar refractivity (Wildman–Crippen MR) is 110 cm³/mol. The zero-order valence-electron chi connectivity index (χ0n) is 17.6. The first-order valence-electron chi connectivity index (χ1n) is 10.4. The first kappa shape index (κ1) is 19.7. The maximum atomic E-state index is 12.8. The number of aromatic nitrogens is 2. The smallest absolute Gasteiger partial charge is 0.410 e. The number of amides is 1. The number of likely N-dealkylation sites (tertiary alicyclic amines) is 1. The fourth-order valence-corrected chi connectivity index (χ4v) is 4.47. The summed E-state index contributed by atoms with van der Waals surface area (Å²) in [5.41, 5.74) is 2.87. The maximum Gasteiger partial charge on any atom is 0.410 e. The monoisotopic (exact) mass is 395 g/mol. The molecule has 154 valence electrons. The molecule has 2 aromatic rings. The van der Waals surface area contributed by atoms with Crippen molar-refractivity contribution in [2.75, 3.05) is 6.54 Å². The number of benzene rings is 1. The Hall–Kier alpha value is -2.63. The van der Waals surface area contributed by atoms with Crippen molar-refractivity contribution in [1.29, 1.82) is 0 Å². The number of aryl methyl sites for hydroxylation is 2. The first-order valence-corrected chi connectivity index (χ1v) is 10.4. The minimum absolute atomic E-state index is 0.139. The number of fused-ring (bicyclic) bond motifs is 3. The van der Waals surface area contributed by atoms with Crippen molar-refractivity contribution in [2.24, 2.45) is 0 Å². The second-order valence-electron chi connectivity index (χ2n) is 8.97. The molecule has 2 unspecified atom stereocenters. The molecule has 1 aliphatic carbocycles. The zero-order valence-corrected chi connectivity index (χ0v) is 17.6. The highest BCUT2D eigenvalue weighted by Gasteiger charge is 2.41. The fraction of sp³-hybridized carbons (Fsp3) is 0.522. The molecule has 6 heteroatoms. The van der Waals surface area contributed by atoms with Gasteiger partial charge in [0.1, 0.15) is 11.4 Å². The van der Waals surface area contributed by atoms with Gasteiger partial charge in [-0.15, -0.1) is 5.10 Å². The Morgan fingerprint density at radius 2 is 1.97 bits per heavy atom. The highest BCUT2D eigenvalue weighted by atomic mass is 16.6. The second-order valence-corrected chi connectivity index (χ2v) is 8.97. The Morgan fingerprint density at radius 1 is 1.14 bits per heavy atom. The predicted octanol–water partition coefficient (Wildman–Crippen LogP) is 5.01. The summed E-state index contributed by atoms with van der Waals surface area (Å²) in [5, 5.41) is 8.25. The molecule has 1 aromatic carbocycles. The lowest BCUT2D eigenvalue weighted by Gasteiger charge is -2.45. The highest BCUT2D eigenvalue weighted by molar-refractivity contribution is 5.69. The zero-order chi connectivity index (χ0) is 20.6. The summed E-state index contributed by atoms with van der Waals surface area (Å²) in [7, 11) is 0. The number of carbonyl (C=O) groups is 1. The van der Waals surface area contributed by atoms with E-state index < -0.39 is 5.60 Å². The molecule has 0 bridgehead atoms. The summed E-state index contributed by atoms with van der Waals surface area (Å²) >= 11 is 0. The van der Waals surface area contributed by atoms with Crippen molar-refractivity contribution in [3.63, 3.8) is 0 Å². The second kappa shape index (κ2) is 7.65. The summed E-state index contributed by atoms with van der Waals surface area (Å²) in [4.78, 5) is 14.8. The van der Waals surface area contributed by atoms with Gasteiger partial charge in [-0.3, -0.25) is 0 Å². The number of hydrogen-bond acceptors (Lipinski definition) is 5. The van der Waals surface area contributed by atoms with Gasteiger partial charge in [0, 0.05) is 30.1 Å². The van der Waals surface area contributed by atoms with E-state index in [1.165, 1.54) is 11.1 Å². The van der Waals surface area contributed by atoms with Crippen LogP contribution in [0.5, 0.6) is 11.6 Å². The molecule has 0 N–H and O–H groups in total. The van der Waals surface area contributed by atoms with Gasteiger partial charge >= 0.3 is 6.09 Å². The standard InChI is InChI=1S/C23H29N3O3/c1-15-10-13-20(25-24-15)28-19-9-5-7-16-11-12-18-17(21(16)19)8-6-14-26(18)22(27)29-23(2,3)4/h5,7,9-10,13,17-18H,6,8,11-12,14H2,1-4H3. The van der Waals surface area contributed by atoms with E-state index in [-0.39, 0.29) is 18.1 Å². The molecule has 1 saturated heterocycles. The Bertz CT molecular complexity index is 889. The number of nitrogens with zero attached hydrogens (tertiary/aromatic N) is 3. The van der Waals surface area contributed by atoms with Crippen LogP contribution in [-0.2, 0) is 11.2 Å². The molecular formula is C23H29N3O3. The van der Waals surface area contributed by atoms with E-state index in [1.807, 2.05) is 56.9 Å². The summed E-state index contributed by atoms with van der Waals surface area (Å²) in [6.07, 6.45) is 3.66. The summed E-state index contributed by atoms with van der Waals surface area (Å²) < 4.78 is 11.8. The van der Waals surface area contributed by atoms with Crippen LogP contribution in [0.1, 0.15) is 62.8 Å². The molecule has 0 radical (unpaired) electrons. The van der Waals surface area contributed by atoms with Crippen molar-refractivity contribution >= 4 is 6.09 Å². The summed E-state index contributed by atoms with van der Waals surface area (Å²) in [6, 6.07) is 10.1. The normalized spacial score (nSPS) is 21.2. The average molecular weight is 396 g/mol. The Morgan fingerprint density at radius 3 is 2.69 bits per heavy atom. The van der Waals surface area contributed by atoms with Crippen LogP contribution in [0.25, 0.3) is 0 Å². The van der Waals surface area contributed by atoms with Crippen molar-refractivity contribution in [3.05, 3.63) is 47.2 Å². The molecule has 1 amide bonds. The van der Waals surface area contributed by atoms with E-state index >= 15 is 0 Å². The van der Waals surface area contributed by atoms with Gasteiger partial charge in [0.2, 0.25) is 5.88 Å². The van der Waals surface area contributed by atoms with Gasteiger partial charge in [0.25, 0.3) is 0 Å². The number of ether oxygens (including phenoxy) is 2. The first-order chi connectivity index (χ1) is 13.8. The number of piperidine rings is 1. The van der Waals surface area contributed by atoms with Crippen LogP contribution < -0.4 is 4.74 Å². The van der Waals surface area contributed by atoms with Crippen LogP contribution in [-0.4, -0.2) is 39.4 Å². The lowest BCUT2D eigenvalue weighted by molar-refractivity contribution is 0.00407. The van der Waals surface area contributed by atoms with E-state index in [1.54, 1.807) is 0 Å². The minimum Gasteiger partial charge on any atom is -0.444 e. The van der Waals surface area contributed by atoms with Crippen LogP contribution in [0.4, 0.5) is 4.79 Å². The minimum atomic E-state index is -0.491. The van der Waals surface area contributed by atoms with Gasteiger partial charge in [-0.2, -0.15) is 5.10 Å². The number of rotatable bonds is 2. The van der Waals surface area contributed by atoms with E-state index in [0.29, 0.717) is 5.88 Å². The third-order valence-electron chi connectivity index (χ3n) is 5.63. The lowest BCUT2D eigenvalue weighted by atomic mass is 9.74. The molecule has 6 nitrogen and oxygen atoms in total. The molecule has 1 fully saturated rings.